The van der Waals surface area contributed by atoms with E-state index in [4.69, 9.17) is 4.42 Å². The van der Waals surface area contributed by atoms with Gasteiger partial charge in [-0.1, -0.05) is 0 Å². The number of ether oxygens (including phenoxy) is 1. The molecule has 1 saturated heterocycles. The third-order valence-electron chi connectivity index (χ3n) is 4.47. The molecule has 140 valence electrons. The Morgan fingerprint density at radius 1 is 1.36 bits per heavy atom. The predicted molar refractivity (Wildman–Crippen MR) is 97.5 cm³/mol. The Bertz CT molecular complexity index is 524. The Morgan fingerprint density at radius 2 is 2.16 bits per heavy atom. The highest BCUT2D eigenvalue weighted by molar-refractivity contribution is 5.79. The average Bonchev–Trinajstić information content (AvgIpc) is 3.34. The molecule has 0 aromatic carbocycles. The summed E-state index contributed by atoms with van der Waals surface area (Å²) in [6, 6.07) is 4.19. The normalized spacial score (nSPS) is 16.6. The van der Waals surface area contributed by atoms with E-state index in [2.05, 4.69) is 25.3 Å². The van der Waals surface area contributed by atoms with E-state index in [-0.39, 0.29) is 12.0 Å². The number of nitrogens with zero attached hydrogens (tertiary/aromatic N) is 2. The standard InChI is InChI=1S/C18H30N4O3/c1-19-18(20-10-4-3-9-17(23)24-2)21-14-15(16-8-7-13-25-16)22-11-5-6-12-22/h7-8,13,15H,3-6,9-12,14H2,1-2H3,(H2,19,20,21). The van der Waals surface area contributed by atoms with Gasteiger partial charge in [0.05, 0.1) is 19.4 Å². The summed E-state index contributed by atoms with van der Waals surface area (Å²) in [6.45, 7) is 3.72. The fourth-order valence-electron chi connectivity index (χ4n) is 3.06. The minimum atomic E-state index is -0.158. The Labute approximate surface area is 149 Å². The molecule has 0 spiro atoms. The van der Waals surface area contributed by atoms with Crippen LogP contribution in [-0.2, 0) is 9.53 Å². The number of methoxy groups -OCH3 is 1. The second kappa shape index (κ2) is 10.8. The molecule has 0 aliphatic carbocycles. The first kappa shape index (κ1) is 19.3. The van der Waals surface area contributed by atoms with Crippen molar-refractivity contribution in [2.75, 3.05) is 40.3 Å². The predicted octanol–water partition coefficient (Wildman–Crippen LogP) is 1.92. The van der Waals surface area contributed by atoms with Crippen LogP contribution in [-0.4, -0.2) is 57.2 Å². The first-order chi connectivity index (χ1) is 12.2. The van der Waals surface area contributed by atoms with Gasteiger partial charge in [-0.15, -0.1) is 0 Å². The van der Waals surface area contributed by atoms with Crippen LogP contribution in [0, 0.1) is 0 Å². The summed E-state index contributed by atoms with van der Waals surface area (Å²) in [4.78, 5) is 17.8. The van der Waals surface area contributed by atoms with Gasteiger partial charge in [-0.05, 0) is 50.9 Å². The number of aliphatic imine (C=N–C) groups is 1. The largest absolute Gasteiger partial charge is 0.469 e. The van der Waals surface area contributed by atoms with Crippen LogP contribution in [0.25, 0.3) is 0 Å². The highest BCUT2D eigenvalue weighted by Crippen LogP contribution is 2.24. The third-order valence-corrected chi connectivity index (χ3v) is 4.47. The molecule has 1 fully saturated rings. The van der Waals surface area contributed by atoms with Crippen molar-refractivity contribution in [1.82, 2.24) is 15.5 Å². The smallest absolute Gasteiger partial charge is 0.305 e. The Hall–Kier alpha value is -2.02. The highest BCUT2D eigenvalue weighted by atomic mass is 16.5. The molecule has 7 heteroatoms. The van der Waals surface area contributed by atoms with Crippen molar-refractivity contribution in [3.05, 3.63) is 24.2 Å². The summed E-state index contributed by atoms with van der Waals surface area (Å²) >= 11 is 0. The van der Waals surface area contributed by atoms with Crippen molar-refractivity contribution < 1.29 is 13.9 Å². The van der Waals surface area contributed by atoms with Crippen LogP contribution in [0.1, 0.15) is 43.9 Å². The second-order valence-corrected chi connectivity index (χ2v) is 6.19. The van der Waals surface area contributed by atoms with Gasteiger partial charge in [-0.25, -0.2) is 0 Å². The summed E-state index contributed by atoms with van der Waals surface area (Å²) in [6.07, 6.45) is 6.37. The minimum Gasteiger partial charge on any atom is -0.469 e. The summed E-state index contributed by atoms with van der Waals surface area (Å²) in [5.41, 5.74) is 0. The lowest BCUT2D eigenvalue weighted by molar-refractivity contribution is -0.140. The zero-order chi connectivity index (χ0) is 17.9. The molecule has 1 atom stereocenters. The maximum atomic E-state index is 11.1. The molecule has 2 rings (SSSR count). The second-order valence-electron chi connectivity index (χ2n) is 6.19. The summed E-state index contributed by atoms with van der Waals surface area (Å²) in [5, 5.41) is 6.68. The monoisotopic (exact) mass is 350 g/mol. The van der Waals surface area contributed by atoms with Gasteiger partial charge in [0.2, 0.25) is 0 Å². The molecule has 1 aliphatic heterocycles. The fourth-order valence-corrected chi connectivity index (χ4v) is 3.06. The molecule has 0 radical (unpaired) electrons. The van der Waals surface area contributed by atoms with Crippen LogP contribution in [0.3, 0.4) is 0 Å². The number of carbonyl (C=O) groups excluding carboxylic acids is 1. The zero-order valence-corrected chi connectivity index (χ0v) is 15.3. The Kier molecular flexibility index (Phi) is 8.31. The van der Waals surface area contributed by atoms with Gasteiger partial charge < -0.3 is 19.8 Å². The summed E-state index contributed by atoms with van der Waals surface area (Å²) < 4.78 is 10.3. The number of rotatable bonds is 9. The number of esters is 1. The van der Waals surface area contributed by atoms with Crippen molar-refractivity contribution >= 4 is 11.9 Å². The number of hydrogen-bond acceptors (Lipinski definition) is 5. The molecule has 1 aromatic heterocycles. The minimum absolute atomic E-state index is 0.158. The molecule has 1 unspecified atom stereocenters. The molecule has 1 aliphatic rings. The van der Waals surface area contributed by atoms with Crippen molar-refractivity contribution in [3.63, 3.8) is 0 Å². The van der Waals surface area contributed by atoms with Crippen LogP contribution >= 0.6 is 0 Å². The Balaban J connectivity index is 1.75. The number of nitrogens with one attached hydrogen (secondary N) is 2. The number of hydrogen-bond donors (Lipinski definition) is 2. The molecule has 1 aromatic rings. The summed E-state index contributed by atoms with van der Waals surface area (Å²) in [7, 11) is 3.18. The lowest BCUT2D eigenvalue weighted by Crippen LogP contribution is -2.42. The molecule has 2 N–H and O–H groups in total. The van der Waals surface area contributed by atoms with E-state index in [9.17, 15) is 4.79 Å². The van der Waals surface area contributed by atoms with Gasteiger partial charge in [0.25, 0.3) is 0 Å². The van der Waals surface area contributed by atoms with Crippen molar-refractivity contribution in [3.8, 4) is 0 Å². The van der Waals surface area contributed by atoms with Gasteiger partial charge in [-0.3, -0.25) is 14.7 Å². The van der Waals surface area contributed by atoms with Crippen molar-refractivity contribution in [2.24, 2.45) is 4.99 Å². The van der Waals surface area contributed by atoms with E-state index in [1.165, 1.54) is 20.0 Å². The number of carbonyl (C=O) groups is 1. The fraction of sp³-hybridized carbons (Fsp3) is 0.667. The van der Waals surface area contributed by atoms with Crippen molar-refractivity contribution in [1.29, 1.82) is 0 Å². The molecular formula is C18H30N4O3. The first-order valence-electron chi connectivity index (χ1n) is 9.03. The lowest BCUT2D eigenvalue weighted by atomic mass is 10.2. The van der Waals surface area contributed by atoms with Gasteiger partial charge in [-0.2, -0.15) is 0 Å². The van der Waals surface area contributed by atoms with E-state index in [1.807, 2.05) is 12.1 Å². The van der Waals surface area contributed by atoms with Crippen LogP contribution in [0.5, 0.6) is 0 Å². The first-order valence-corrected chi connectivity index (χ1v) is 9.03. The molecule has 0 bridgehead atoms. The molecule has 25 heavy (non-hydrogen) atoms. The maximum Gasteiger partial charge on any atom is 0.305 e. The average molecular weight is 350 g/mol. The molecule has 0 amide bonds. The number of furan rings is 1. The van der Waals surface area contributed by atoms with Gasteiger partial charge in [0.15, 0.2) is 5.96 Å². The quantitative estimate of drug-likeness (QED) is 0.307. The molecule has 7 nitrogen and oxygen atoms in total. The van der Waals surface area contributed by atoms with Crippen molar-refractivity contribution in [2.45, 2.75) is 38.1 Å². The van der Waals surface area contributed by atoms with E-state index in [1.54, 1.807) is 13.3 Å². The van der Waals surface area contributed by atoms with Crippen LogP contribution in [0.15, 0.2) is 27.8 Å². The van der Waals surface area contributed by atoms with E-state index < -0.39 is 0 Å². The number of likely N-dealkylation sites (tertiary alicyclic amines) is 1. The maximum absolute atomic E-state index is 11.1. The molecule has 0 saturated carbocycles. The summed E-state index contributed by atoms with van der Waals surface area (Å²) in [5.74, 6) is 1.60. The Morgan fingerprint density at radius 3 is 2.80 bits per heavy atom. The van der Waals surface area contributed by atoms with Gasteiger partial charge in [0.1, 0.15) is 5.76 Å². The van der Waals surface area contributed by atoms with E-state index >= 15 is 0 Å². The van der Waals surface area contributed by atoms with Crippen LogP contribution in [0.2, 0.25) is 0 Å². The van der Waals surface area contributed by atoms with E-state index in [0.29, 0.717) is 6.42 Å². The van der Waals surface area contributed by atoms with Gasteiger partial charge >= 0.3 is 5.97 Å². The zero-order valence-electron chi connectivity index (χ0n) is 15.3. The van der Waals surface area contributed by atoms with Crippen LogP contribution < -0.4 is 10.6 Å². The third kappa shape index (κ3) is 6.42. The topological polar surface area (TPSA) is 79.1 Å². The lowest BCUT2D eigenvalue weighted by Gasteiger charge is -2.26. The van der Waals surface area contributed by atoms with Crippen LogP contribution in [0.4, 0.5) is 0 Å². The van der Waals surface area contributed by atoms with Gasteiger partial charge in [0, 0.05) is 26.6 Å². The molecular weight excluding hydrogens is 320 g/mol. The molecule has 2 heterocycles. The number of unbranched alkanes of at least 4 members (excludes halogenated alkanes) is 1. The highest BCUT2D eigenvalue weighted by Gasteiger charge is 2.25. The number of guanidine groups is 1. The SMILES string of the molecule is CN=C(NCCCCC(=O)OC)NCC(c1ccco1)N1CCCC1. The van der Waals surface area contributed by atoms with E-state index in [0.717, 1.165) is 50.7 Å².